The Morgan fingerprint density at radius 2 is 2.04 bits per heavy atom. The summed E-state index contributed by atoms with van der Waals surface area (Å²) < 4.78 is 27.9. The van der Waals surface area contributed by atoms with Gasteiger partial charge in [0, 0.05) is 30.3 Å². The molecular weight excluding hydrogens is 384 g/mol. The third kappa shape index (κ3) is 4.55. The summed E-state index contributed by atoms with van der Waals surface area (Å²) >= 11 is 1.48. The summed E-state index contributed by atoms with van der Waals surface area (Å²) in [6.07, 6.45) is 1.60. The van der Waals surface area contributed by atoms with Crippen molar-refractivity contribution in [1.82, 2.24) is 15.2 Å². The van der Waals surface area contributed by atoms with Crippen molar-refractivity contribution in [2.75, 3.05) is 13.1 Å². The number of rotatable bonds is 5. The van der Waals surface area contributed by atoms with Gasteiger partial charge in [0.15, 0.2) is 0 Å². The van der Waals surface area contributed by atoms with Crippen molar-refractivity contribution in [2.45, 2.75) is 39.2 Å². The highest BCUT2D eigenvalue weighted by molar-refractivity contribution is 7.09. The highest BCUT2D eigenvalue weighted by Gasteiger charge is 2.30. The number of nitrogens with zero attached hydrogens (tertiary/aromatic N) is 2. The smallest absolute Gasteiger partial charge is 0.259 e. The van der Waals surface area contributed by atoms with Crippen LogP contribution < -0.4 is 5.32 Å². The maximum Gasteiger partial charge on any atom is 0.259 e. The molecule has 2 heterocycles. The van der Waals surface area contributed by atoms with Crippen molar-refractivity contribution in [3.8, 4) is 0 Å². The standard InChI is InChI=1S/C20H23F2N3O2S/c1-12(2)18(26)23-9-14-11-28-19(24-14)13-5-4-8-25(10-13)20(27)17-15(21)6-3-7-16(17)22/h3,6-7,11-13H,4-5,8-10H2,1-2H3,(H,23,26)/t13-/m0/s1. The third-order valence-corrected chi connectivity index (χ3v) is 5.83. The van der Waals surface area contributed by atoms with Gasteiger partial charge in [0.1, 0.15) is 17.2 Å². The maximum atomic E-state index is 14.0. The lowest BCUT2D eigenvalue weighted by Gasteiger charge is -2.32. The molecule has 150 valence electrons. The Bertz CT molecular complexity index is 849. The number of nitrogens with one attached hydrogen (secondary N) is 1. The summed E-state index contributed by atoms with van der Waals surface area (Å²) in [6, 6.07) is 3.43. The predicted octanol–water partition coefficient (Wildman–Crippen LogP) is 3.71. The zero-order valence-electron chi connectivity index (χ0n) is 15.9. The third-order valence-electron chi connectivity index (χ3n) is 4.77. The molecule has 1 aromatic heterocycles. The minimum atomic E-state index is -0.843. The average molecular weight is 407 g/mol. The van der Waals surface area contributed by atoms with Gasteiger partial charge >= 0.3 is 0 Å². The van der Waals surface area contributed by atoms with E-state index in [2.05, 4.69) is 10.3 Å². The highest BCUT2D eigenvalue weighted by atomic mass is 32.1. The average Bonchev–Trinajstić information content (AvgIpc) is 3.15. The van der Waals surface area contributed by atoms with Crippen LogP contribution in [0.3, 0.4) is 0 Å². The Kier molecular flexibility index (Phi) is 6.39. The molecular formula is C20H23F2N3O2S. The van der Waals surface area contributed by atoms with Crippen LogP contribution in [0.5, 0.6) is 0 Å². The molecule has 1 N–H and O–H groups in total. The first-order valence-electron chi connectivity index (χ1n) is 9.32. The van der Waals surface area contributed by atoms with Crippen molar-refractivity contribution < 1.29 is 18.4 Å². The number of carbonyl (C=O) groups is 2. The summed E-state index contributed by atoms with van der Waals surface area (Å²) in [5.41, 5.74) is 0.275. The number of benzene rings is 1. The second kappa shape index (κ2) is 8.77. The monoisotopic (exact) mass is 407 g/mol. The van der Waals surface area contributed by atoms with Gasteiger partial charge in [-0.2, -0.15) is 0 Å². The molecule has 1 aliphatic heterocycles. The van der Waals surface area contributed by atoms with Crippen LogP contribution in [-0.2, 0) is 11.3 Å². The van der Waals surface area contributed by atoms with E-state index in [4.69, 9.17) is 0 Å². The normalized spacial score (nSPS) is 17.0. The van der Waals surface area contributed by atoms with Crippen LogP contribution in [-0.4, -0.2) is 34.8 Å². The summed E-state index contributed by atoms with van der Waals surface area (Å²) in [6.45, 7) is 4.86. The van der Waals surface area contributed by atoms with Gasteiger partial charge in [-0.25, -0.2) is 13.8 Å². The quantitative estimate of drug-likeness (QED) is 0.822. The summed E-state index contributed by atoms with van der Waals surface area (Å²) in [7, 11) is 0. The number of thiazole rings is 1. The second-order valence-corrected chi connectivity index (χ2v) is 8.13. The number of carbonyl (C=O) groups excluding carboxylic acids is 2. The van der Waals surface area contributed by atoms with E-state index in [0.29, 0.717) is 19.6 Å². The first-order chi connectivity index (χ1) is 13.4. The van der Waals surface area contributed by atoms with E-state index in [-0.39, 0.29) is 17.7 Å². The van der Waals surface area contributed by atoms with Crippen molar-refractivity contribution in [2.24, 2.45) is 5.92 Å². The molecule has 0 saturated carbocycles. The summed E-state index contributed by atoms with van der Waals surface area (Å²) in [5, 5.41) is 5.60. The van der Waals surface area contributed by atoms with Crippen LogP contribution in [0.4, 0.5) is 8.78 Å². The lowest BCUT2D eigenvalue weighted by molar-refractivity contribution is -0.124. The molecule has 0 bridgehead atoms. The number of halogens is 2. The number of hydrogen-bond donors (Lipinski definition) is 1. The Morgan fingerprint density at radius 1 is 1.32 bits per heavy atom. The second-order valence-electron chi connectivity index (χ2n) is 7.24. The van der Waals surface area contributed by atoms with Gasteiger partial charge < -0.3 is 10.2 Å². The minimum absolute atomic E-state index is 0.0204. The van der Waals surface area contributed by atoms with Crippen molar-refractivity contribution in [3.63, 3.8) is 0 Å². The van der Waals surface area contributed by atoms with Gasteiger partial charge in [-0.15, -0.1) is 11.3 Å². The molecule has 1 atom stereocenters. The van der Waals surface area contributed by atoms with Crippen LogP contribution >= 0.6 is 11.3 Å². The van der Waals surface area contributed by atoms with Crippen molar-refractivity contribution in [3.05, 3.63) is 51.5 Å². The van der Waals surface area contributed by atoms with Gasteiger partial charge in [0.25, 0.3) is 5.91 Å². The van der Waals surface area contributed by atoms with Crippen LogP contribution in [0.15, 0.2) is 23.6 Å². The number of piperidine rings is 1. The van der Waals surface area contributed by atoms with E-state index < -0.39 is 23.1 Å². The highest BCUT2D eigenvalue weighted by Crippen LogP contribution is 2.30. The topological polar surface area (TPSA) is 62.3 Å². The zero-order valence-corrected chi connectivity index (χ0v) is 16.7. The van der Waals surface area contributed by atoms with E-state index in [1.807, 2.05) is 19.2 Å². The van der Waals surface area contributed by atoms with Crippen molar-refractivity contribution in [1.29, 1.82) is 0 Å². The molecule has 2 amide bonds. The fourth-order valence-corrected chi connectivity index (χ4v) is 4.14. The fraction of sp³-hybridized carbons (Fsp3) is 0.450. The molecule has 0 unspecified atom stereocenters. The first kappa shape index (κ1) is 20.4. The first-order valence-corrected chi connectivity index (χ1v) is 10.2. The van der Waals surface area contributed by atoms with Gasteiger partial charge in [-0.05, 0) is 25.0 Å². The zero-order chi connectivity index (χ0) is 20.3. The summed E-state index contributed by atoms with van der Waals surface area (Å²) in [4.78, 5) is 30.4. The molecule has 1 fully saturated rings. The SMILES string of the molecule is CC(C)C(=O)NCc1csc([C@H]2CCCN(C(=O)c3c(F)cccc3F)C2)n1. The molecule has 2 aromatic rings. The molecule has 1 saturated heterocycles. The Labute approximate surface area is 166 Å². The minimum Gasteiger partial charge on any atom is -0.350 e. The number of likely N-dealkylation sites (tertiary alicyclic amines) is 1. The van der Waals surface area contributed by atoms with Gasteiger partial charge in [-0.3, -0.25) is 9.59 Å². The number of aromatic nitrogens is 1. The van der Waals surface area contributed by atoms with E-state index in [1.165, 1.54) is 22.3 Å². The van der Waals surface area contributed by atoms with Crippen molar-refractivity contribution >= 4 is 23.2 Å². The number of amides is 2. The molecule has 0 spiro atoms. The molecule has 28 heavy (non-hydrogen) atoms. The molecule has 3 rings (SSSR count). The van der Waals surface area contributed by atoms with Crippen LogP contribution in [0.25, 0.3) is 0 Å². The lowest BCUT2D eigenvalue weighted by Crippen LogP contribution is -2.39. The maximum absolute atomic E-state index is 14.0. The van der Waals surface area contributed by atoms with Crippen LogP contribution in [0.2, 0.25) is 0 Å². The lowest BCUT2D eigenvalue weighted by atomic mass is 9.98. The molecule has 1 aromatic carbocycles. The molecule has 5 nitrogen and oxygen atoms in total. The van der Waals surface area contributed by atoms with E-state index in [1.54, 1.807) is 0 Å². The molecule has 0 aliphatic carbocycles. The Morgan fingerprint density at radius 3 is 2.71 bits per heavy atom. The summed E-state index contributed by atoms with van der Waals surface area (Å²) in [5.74, 6) is -2.41. The van der Waals surface area contributed by atoms with Crippen LogP contribution in [0, 0.1) is 17.6 Å². The number of hydrogen-bond acceptors (Lipinski definition) is 4. The van der Waals surface area contributed by atoms with E-state index in [9.17, 15) is 18.4 Å². The molecule has 8 heteroatoms. The van der Waals surface area contributed by atoms with Gasteiger partial charge in [0.2, 0.25) is 5.91 Å². The molecule has 0 radical (unpaired) electrons. The predicted molar refractivity (Wildman–Crippen MR) is 103 cm³/mol. The van der Waals surface area contributed by atoms with E-state index >= 15 is 0 Å². The van der Waals surface area contributed by atoms with E-state index in [0.717, 1.165) is 35.7 Å². The fourth-order valence-electron chi connectivity index (χ4n) is 3.20. The Balaban J connectivity index is 1.67. The van der Waals surface area contributed by atoms with Gasteiger partial charge in [0.05, 0.1) is 17.2 Å². The van der Waals surface area contributed by atoms with Crippen LogP contribution in [0.1, 0.15) is 53.7 Å². The molecule has 1 aliphatic rings. The Hall–Kier alpha value is -2.35. The van der Waals surface area contributed by atoms with Gasteiger partial charge in [-0.1, -0.05) is 19.9 Å². The largest absolute Gasteiger partial charge is 0.350 e.